The molecule has 1 aliphatic rings. The fraction of sp³-hybridized carbons (Fsp3) is 0.391. The molecule has 0 amide bonds. The molecule has 1 saturated carbocycles. The highest BCUT2D eigenvalue weighted by molar-refractivity contribution is 6.33. The van der Waals surface area contributed by atoms with Crippen molar-refractivity contribution in [2.45, 2.75) is 57.0 Å². The smallest absolute Gasteiger partial charge is 0.374 e. The number of ether oxygens (including phenoxy) is 1. The molecule has 0 spiro atoms. The third-order valence-electron chi connectivity index (χ3n) is 5.40. The summed E-state index contributed by atoms with van der Waals surface area (Å²) in [4.78, 5) is 24.5. The molecule has 3 rings (SSSR count). The molecule has 0 heterocycles. The van der Waals surface area contributed by atoms with Crippen LogP contribution in [0.15, 0.2) is 60.7 Å². The quantitative estimate of drug-likeness (QED) is 0.531. The van der Waals surface area contributed by atoms with Gasteiger partial charge in [-0.2, -0.15) is 0 Å². The molecule has 1 aliphatic carbocycles. The van der Waals surface area contributed by atoms with Gasteiger partial charge >= 0.3 is 5.97 Å². The van der Waals surface area contributed by atoms with Gasteiger partial charge in [-0.1, -0.05) is 74.0 Å². The van der Waals surface area contributed by atoms with Crippen molar-refractivity contribution in [2.24, 2.45) is 0 Å². The first-order valence-corrected chi connectivity index (χ1v) is 9.53. The Balaban J connectivity index is 1.93. The van der Waals surface area contributed by atoms with Gasteiger partial charge < -0.3 is 4.74 Å². The number of benzene rings is 2. The van der Waals surface area contributed by atoms with Crippen molar-refractivity contribution in [3.8, 4) is 0 Å². The van der Waals surface area contributed by atoms with Crippen LogP contribution in [-0.4, -0.2) is 17.9 Å². The fourth-order valence-corrected chi connectivity index (χ4v) is 4.07. The molecule has 0 unspecified atom stereocenters. The zero-order chi connectivity index (χ0) is 18.4. The van der Waals surface area contributed by atoms with E-state index in [4.69, 9.17) is 4.74 Å². The molecule has 3 nitrogen and oxygen atoms in total. The van der Waals surface area contributed by atoms with Crippen LogP contribution >= 0.6 is 0 Å². The summed E-state index contributed by atoms with van der Waals surface area (Å²) < 4.78 is 5.81. The number of Topliss-reactive ketones (excluding diaryl/α,β-unsaturated/α-hetero) is 1. The van der Waals surface area contributed by atoms with Gasteiger partial charge in [0.25, 0.3) is 0 Å². The number of rotatable bonds is 7. The van der Waals surface area contributed by atoms with Crippen LogP contribution in [0.3, 0.4) is 0 Å². The third-order valence-corrected chi connectivity index (χ3v) is 5.40. The maximum absolute atomic E-state index is 12.4. The van der Waals surface area contributed by atoms with Gasteiger partial charge in [0.2, 0.25) is 5.78 Å². The van der Waals surface area contributed by atoms with Crippen molar-refractivity contribution in [3.63, 3.8) is 0 Å². The molecule has 1 fully saturated rings. The van der Waals surface area contributed by atoms with Crippen LogP contribution in [0.1, 0.15) is 56.6 Å². The standard InChI is InChI=1S/C23H26O3/c1-2-3-15-20(24)22(25)26-21-16-10-17-23(21,18-11-6-4-7-12-18)19-13-8-5-9-14-19/h4-9,11-14,21H,2-3,10,15-17H2,1H3/t21-/m0/s1. The van der Waals surface area contributed by atoms with Crippen LogP contribution in [0, 0.1) is 0 Å². The SMILES string of the molecule is CCCCC(=O)C(=O)O[C@H]1CCCC1(c1ccccc1)c1ccccc1. The highest BCUT2D eigenvalue weighted by Gasteiger charge is 2.48. The highest BCUT2D eigenvalue weighted by Crippen LogP contribution is 2.48. The van der Waals surface area contributed by atoms with Crippen LogP contribution in [0.5, 0.6) is 0 Å². The second-order valence-electron chi connectivity index (χ2n) is 7.02. The molecule has 2 aromatic carbocycles. The predicted octanol–water partition coefficient (Wildman–Crippen LogP) is 4.83. The molecule has 1 atom stereocenters. The summed E-state index contributed by atoms with van der Waals surface area (Å²) in [5, 5.41) is 0. The lowest BCUT2D eigenvalue weighted by Gasteiger charge is -2.36. The van der Waals surface area contributed by atoms with Crippen LogP contribution in [0.4, 0.5) is 0 Å². The molecule has 0 aliphatic heterocycles. The zero-order valence-corrected chi connectivity index (χ0v) is 15.3. The van der Waals surface area contributed by atoms with Crippen molar-refractivity contribution in [2.75, 3.05) is 0 Å². The lowest BCUT2D eigenvalue weighted by atomic mass is 9.71. The highest BCUT2D eigenvalue weighted by atomic mass is 16.5. The molecular weight excluding hydrogens is 324 g/mol. The van der Waals surface area contributed by atoms with E-state index in [9.17, 15) is 9.59 Å². The summed E-state index contributed by atoms with van der Waals surface area (Å²) in [7, 11) is 0. The molecule has 0 saturated heterocycles. The van der Waals surface area contributed by atoms with Crippen molar-refractivity contribution < 1.29 is 14.3 Å². The average molecular weight is 350 g/mol. The summed E-state index contributed by atoms with van der Waals surface area (Å²) in [5.41, 5.74) is 1.90. The number of carbonyl (C=O) groups excluding carboxylic acids is 2. The Morgan fingerprint density at radius 1 is 1.00 bits per heavy atom. The molecule has 136 valence electrons. The van der Waals surface area contributed by atoms with Crippen LogP contribution in [-0.2, 0) is 19.7 Å². The minimum atomic E-state index is -0.679. The van der Waals surface area contributed by atoms with Gasteiger partial charge in [-0.25, -0.2) is 4.79 Å². The first-order chi connectivity index (χ1) is 12.7. The maximum atomic E-state index is 12.4. The normalized spacial score (nSPS) is 18.4. The number of hydrogen-bond acceptors (Lipinski definition) is 3. The van der Waals surface area contributed by atoms with E-state index in [1.807, 2.05) is 43.3 Å². The minimum absolute atomic E-state index is 0.270. The molecule has 0 bridgehead atoms. The Morgan fingerprint density at radius 3 is 2.12 bits per heavy atom. The summed E-state index contributed by atoms with van der Waals surface area (Å²) in [6.45, 7) is 2.01. The van der Waals surface area contributed by atoms with Gasteiger partial charge in [0.05, 0.1) is 5.41 Å². The molecule has 26 heavy (non-hydrogen) atoms. The molecule has 3 heteroatoms. The molecule has 0 radical (unpaired) electrons. The summed E-state index contributed by atoms with van der Waals surface area (Å²) >= 11 is 0. The van der Waals surface area contributed by atoms with E-state index in [1.54, 1.807) is 0 Å². The van der Waals surface area contributed by atoms with Gasteiger partial charge in [-0.15, -0.1) is 0 Å². The van der Waals surface area contributed by atoms with Crippen LogP contribution in [0.2, 0.25) is 0 Å². The fourth-order valence-electron chi connectivity index (χ4n) is 4.07. The van der Waals surface area contributed by atoms with E-state index < -0.39 is 11.8 Å². The van der Waals surface area contributed by atoms with Gasteiger partial charge in [0, 0.05) is 6.42 Å². The Labute approximate surface area is 155 Å². The Bertz CT molecular complexity index is 697. The Morgan fingerprint density at radius 2 is 1.58 bits per heavy atom. The van der Waals surface area contributed by atoms with E-state index in [1.165, 1.54) is 0 Å². The van der Waals surface area contributed by atoms with E-state index in [2.05, 4.69) is 24.3 Å². The predicted molar refractivity (Wildman–Crippen MR) is 102 cm³/mol. The van der Waals surface area contributed by atoms with Crippen molar-refractivity contribution in [1.29, 1.82) is 0 Å². The Kier molecular flexibility index (Phi) is 5.87. The monoisotopic (exact) mass is 350 g/mol. The van der Waals surface area contributed by atoms with E-state index in [-0.39, 0.29) is 17.9 Å². The van der Waals surface area contributed by atoms with E-state index in [0.717, 1.165) is 43.2 Å². The average Bonchev–Trinajstić information content (AvgIpc) is 3.11. The zero-order valence-electron chi connectivity index (χ0n) is 15.3. The third kappa shape index (κ3) is 3.57. The van der Waals surface area contributed by atoms with Crippen molar-refractivity contribution in [3.05, 3.63) is 71.8 Å². The lowest BCUT2D eigenvalue weighted by molar-refractivity contribution is -0.159. The van der Waals surface area contributed by atoms with Gasteiger partial charge in [-0.3, -0.25) is 4.79 Å². The van der Waals surface area contributed by atoms with Crippen LogP contribution < -0.4 is 0 Å². The first kappa shape index (κ1) is 18.4. The second kappa shape index (κ2) is 8.31. The number of ketones is 1. The van der Waals surface area contributed by atoms with E-state index in [0.29, 0.717) is 0 Å². The summed E-state index contributed by atoms with van der Waals surface area (Å²) in [5.74, 6) is -1.09. The van der Waals surface area contributed by atoms with Crippen molar-refractivity contribution >= 4 is 11.8 Å². The second-order valence-corrected chi connectivity index (χ2v) is 7.02. The minimum Gasteiger partial charge on any atom is -0.455 e. The van der Waals surface area contributed by atoms with Gasteiger partial charge in [0.15, 0.2) is 0 Å². The van der Waals surface area contributed by atoms with E-state index >= 15 is 0 Å². The van der Waals surface area contributed by atoms with Gasteiger partial charge in [-0.05, 0) is 36.8 Å². The summed E-state index contributed by atoms with van der Waals surface area (Å²) in [6, 6.07) is 20.4. The lowest BCUT2D eigenvalue weighted by Crippen LogP contribution is -2.40. The molecule has 0 aromatic heterocycles. The number of hydrogen-bond donors (Lipinski definition) is 0. The summed E-state index contributed by atoms with van der Waals surface area (Å²) in [6.07, 6.45) is 4.21. The largest absolute Gasteiger partial charge is 0.455 e. The van der Waals surface area contributed by atoms with Crippen molar-refractivity contribution in [1.82, 2.24) is 0 Å². The topological polar surface area (TPSA) is 43.4 Å². The van der Waals surface area contributed by atoms with Crippen LogP contribution in [0.25, 0.3) is 0 Å². The number of carbonyl (C=O) groups is 2. The number of unbranched alkanes of at least 4 members (excludes halogenated alkanes) is 1. The molecular formula is C23H26O3. The first-order valence-electron chi connectivity index (χ1n) is 9.53. The maximum Gasteiger partial charge on any atom is 0.374 e. The molecule has 0 N–H and O–H groups in total. The Hall–Kier alpha value is -2.42. The number of esters is 1. The molecule has 2 aromatic rings. The van der Waals surface area contributed by atoms with Gasteiger partial charge in [0.1, 0.15) is 6.10 Å².